The molecule has 0 unspecified atom stereocenters. The first-order valence-corrected chi connectivity index (χ1v) is 7.68. The van der Waals surface area contributed by atoms with Crippen LogP contribution in [0.25, 0.3) is 28.1 Å². The highest BCUT2D eigenvalue weighted by molar-refractivity contribution is 9.10. The van der Waals surface area contributed by atoms with Crippen molar-refractivity contribution in [3.8, 4) is 17.2 Å². The quantitative estimate of drug-likeness (QED) is 0.590. The molecule has 4 rings (SSSR count). The summed E-state index contributed by atoms with van der Waals surface area (Å²) in [7, 11) is 0. The first-order valence-electron chi connectivity index (χ1n) is 6.88. The third kappa shape index (κ3) is 2.55. The maximum Gasteiger partial charge on any atom is 0.259 e. The van der Waals surface area contributed by atoms with E-state index in [0.29, 0.717) is 22.4 Å². The summed E-state index contributed by atoms with van der Waals surface area (Å²) in [5, 5.41) is 8.75. The number of benzene rings is 2. The summed E-state index contributed by atoms with van der Waals surface area (Å²) in [5.74, 6) is 0.400. The van der Waals surface area contributed by atoms with Gasteiger partial charge in [-0.3, -0.25) is 4.79 Å². The van der Waals surface area contributed by atoms with Gasteiger partial charge in [-0.1, -0.05) is 33.3 Å². The van der Waals surface area contributed by atoms with Crippen molar-refractivity contribution >= 4 is 26.8 Å². The van der Waals surface area contributed by atoms with E-state index in [9.17, 15) is 4.79 Å². The van der Waals surface area contributed by atoms with Crippen molar-refractivity contribution in [2.45, 2.75) is 0 Å². The maximum absolute atomic E-state index is 12.1. The molecule has 4 aromatic rings. The first kappa shape index (κ1) is 13.8. The largest absolute Gasteiger partial charge is 0.305 e. The molecule has 2 aromatic carbocycles. The molecule has 0 aliphatic carbocycles. The summed E-state index contributed by atoms with van der Waals surface area (Å²) in [6.07, 6.45) is 1.73. The van der Waals surface area contributed by atoms with E-state index in [-0.39, 0.29) is 5.56 Å². The maximum atomic E-state index is 12.1. The van der Waals surface area contributed by atoms with Gasteiger partial charge in [0.2, 0.25) is 0 Å². The lowest BCUT2D eigenvalue weighted by Crippen LogP contribution is -2.09. The molecule has 2 aromatic heterocycles. The van der Waals surface area contributed by atoms with E-state index in [0.717, 1.165) is 10.2 Å². The number of halogens is 1. The summed E-state index contributed by atoms with van der Waals surface area (Å²) in [5.41, 5.74) is 1.82. The number of fused-ring (bicyclic) bond motifs is 1. The molecule has 0 fully saturated rings. The molecule has 0 saturated carbocycles. The molecule has 7 heteroatoms. The summed E-state index contributed by atoms with van der Waals surface area (Å²) in [6.45, 7) is 0. The molecule has 2 heterocycles. The predicted octanol–water partition coefficient (Wildman–Crippen LogP) is 2.93. The Labute approximate surface area is 138 Å². The normalized spacial score (nSPS) is 11.0. The van der Waals surface area contributed by atoms with Gasteiger partial charge in [0, 0.05) is 4.47 Å². The monoisotopic (exact) mass is 367 g/mol. The minimum Gasteiger partial charge on any atom is -0.305 e. The molecular formula is C16H10BrN5O. The molecule has 0 spiro atoms. The Morgan fingerprint density at radius 3 is 2.65 bits per heavy atom. The van der Waals surface area contributed by atoms with Crippen molar-refractivity contribution in [1.82, 2.24) is 25.0 Å². The van der Waals surface area contributed by atoms with Crippen molar-refractivity contribution in [3.05, 3.63) is 69.6 Å². The molecule has 0 aliphatic heterocycles. The second kappa shape index (κ2) is 5.44. The third-order valence-corrected chi connectivity index (χ3v) is 3.97. The zero-order chi connectivity index (χ0) is 15.8. The van der Waals surface area contributed by atoms with E-state index >= 15 is 0 Å². The molecular weight excluding hydrogens is 358 g/mol. The lowest BCUT2D eigenvalue weighted by Gasteiger charge is -2.00. The number of hydrogen-bond donors (Lipinski definition) is 1. The Balaban J connectivity index is 1.80. The molecule has 0 aliphatic rings. The second-order valence-electron chi connectivity index (χ2n) is 4.96. The van der Waals surface area contributed by atoms with Crippen LogP contribution in [0.3, 0.4) is 0 Å². The lowest BCUT2D eigenvalue weighted by molar-refractivity contribution is 0.803. The van der Waals surface area contributed by atoms with Crippen molar-refractivity contribution in [2.24, 2.45) is 0 Å². The van der Waals surface area contributed by atoms with E-state index < -0.39 is 0 Å². The van der Waals surface area contributed by atoms with Gasteiger partial charge >= 0.3 is 0 Å². The number of H-pyrrole nitrogens is 1. The molecule has 0 radical (unpaired) electrons. The standard InChI is InChI=1S/C16H10BrN5O/c17-10-5-7-11(8-6-10)22-9-14(20-21-22)15-18-13-4-2-1-3-12(13)16(23)19-15/h1-9H,(H,18,19,23). The summed E-state index contributed by atoms with van der Waals surface area (Å²) < 4.78 is 2.62. The second-order valence-corrected chi connectivity index (χ2v) is 5.87. The van der Waals surface area contributed by atoms with Crippen LogP contribution in [0.4, 0.5) is 0 Å². The van der Waals surface area contributed by atoms with Gasteiger partial charge in [-0.25, -0.2) is 9.67 Å². The Kier molecular flexibility index (Phi) is 3.27. The predicted molar refractivity (Wildman–Crippen MR) is 90.4 cm³/mol. The van der Waals surface area contributed by atoms with Crippen LogP contribution < -0.4 is 5.56 Å². The van der Waals surface area contributed by atoms with Gasteiger partial charge in [-0.05, 0) is 36.4 Å². The summed E-state index contributed by atoms with van der Waals surface area (Å²) >= 11 is 3.40. The molecule has 112 valence electrons. The number of nitrogens with zero attached hydrogens (tertiary/aromatic N) is 4. The first-order chi connectivity index (χ1) is 11.2. The van der Waals surface area contributed by atoms with Gasteiger partial charge in [0.25, 0.3) is 5.56 Å². The van der Waals surface area contributed by atoms with Crippen LogP contribution in [0, 0.1) is 0 Å². The van der Waals surface area contributed by atoms with Crippen LogP contribution in [0.5, 0.6) is 0 Å². The van der Waals surface area contributed by atoms with Gasteiger partial charge < -0.3 is 4.98 Å². The van der Waals surface area contributed by atoms with E-state index in [4.69, 9.17) is 0 Å². The van der Waals surface area contributed by atoms with Crippen molar-refractivity contribution in [3.63, 3.8) is 0 Å². The van der Waals surface area contributed by atoms with Crippen LogP contribution in [-0.4, -0.2) is 25.0 Å². The third-order valence-electron chi connectivity index (χ3n) is 3.44. The van der Waals surface area contributed by atoms with Crippen LogP contribution in [0.15, 0.2) is 64.0 Å². The Morgan fingerprint density at radius 1 is 1.04 bits per heavy atom. The SMILES string of the molecule is O=c1[nH]c(-c2cn(-c3ccc(Br)cc3)nn2)nc2ccccc12. The minimum absolute atomic E-state index is 0.191. The molecule has 0 atom stereocenters. The van der Waals surface area contributed by atoms with Crippen molar-refractivity contribution in [2.75, 3.05) is 0 Å². The lowest BCUT2D eigenvalue weighted by atomic mass is 10.2. The van der Waals surface area contributed by atoms with Gasteiger partial charge in [0.05, 0.1) is 22.8 Å². The highest BCUT2D eigenvalue weighted by Crippen LogP contribution is 2.17. The molecule has 23 heavy (non-hydrogen) atoms. The van der Waals surface area contributed by atoms with Crippen LogP contribution in [0.1, 0.15) is 0 Å². The van der Waals surface area contributed by atoms with Crippen molar-refractivity contribution in [1.29, 1.82) is 0 Å². The average molecular weight is 368 g/mol. The van der Waals surface area contributed by atoms with E-state index in [2.05, 4.69) is 36.2 Å². The molecule has 0 amide bonds. The Bertz CT molecular complexity index is 1050. The highest BCUT2D eigenvalue weighted by Gasteiger charge is 2.10. The van der Waals surface area contributed by atoms with Crippen LogP contribution in [-0.2, 0) is 0 Å². The van der Waals surface area contributed by atoms with Gasteiger partial charge in [-0.2, -0.15) is 0 Å². The van der Waals surface area contributed by atoms with Crippen LogP contribution >= 0.6 is 15.9 Å². The van der Waals surface area contributed by atoms with Crippen LogP contribution in [0.2, 0.25) is 0 Å². The number of nitrogens with one attached hydrogen (secondary N) is 1. The van der Waals surface area contributed by atoms with Crippen molar-refractivity contribution < 1.29 is 0 Å². The van der Waals surface area contributed by atoms with Gasteiger partial charge in [-0.15, -0.1) is 5.10 Å². The molecule has 0 bridgehead atoms. The Morgan fingerprint density at radius 2 is 1.83 bits per heavy atom. The minimum atomic E-state index is -0.191. The fourth-order valence-electron chi connectivity index (χ4n) is 2.30. The average Bonchev–Trinajstić information content (AvgIpc) is 3.05. The number of para-hydroxylation sites is 1. The van der Waals surface area contributed by atoms with Gasteiger partial charge in [0.15, 0.2) is 5.82 Å². The van der Waals surface area contributed by atoms with E-state index in [1.807, 2.05) is 36.4 Å². The zero-order valence-corrected chi connectivity index (χ0v) is 13.4. The summed E-state index contributed by atoms with van der Waals surface area (Å²) in [6, 6.07) is 14.9. The summed E-state index contributed by atoms with van der Waals surface area (Å²) in [4.78, 5) is 19.3. The number of aromatic amines is 1. The zero-order valence-electron chi connectivity index (χ0n) is 11.8. The number of aromatic nitrogens is 5. The highest BCUT2D eigenvalue weighted by atomic mass is 79.9. The molecule has 6 nitrogen and oxygen atoms in total. The fraction of sp³-hybridized carbons (Fsp3) is 0. The van der Waals surface area contributed by atoms with E-state index in [1.54, 1.807) is 23.0 Å². The Hall–Kier alpha value is -2.80. The topological polar surface area (TPSA) is 76.5 Å². The van der Waals surface area contributed by atoms with E-state index in [1.165, 1.54) is 0 Å². The van der Waals surface area contributed by atoms with Gasteiger partial charge in [0.1, 0.15) is 5.69 Å². The molecule has 0 saturated heterocycles. The number of hydrogen-bond acceptors (Lipinski definition) is 4. The fourth-order valence-corrected chi connectivity index (χ4v) is 2.56. The molecule has 1 N–H and O–H groups in total. The number of rotatable bonds is 2. The smallest absolute Gasteiger partial charge is 0.259 e.